The Morgan fingerprint density at radius 3 is 3.00 bits per heavy atom. The monoisotopic (exact) mass is 406 g/mol. The number of piperidine rings is 1. The highest BCUT2D eigenvalue weighted by atomic mass is 19.1. The molecule has 0 N–H and O–H groups in total. The zero-order valence-corrected chi connectivity index (χ0v) is 16.8. The third-order valence-electron chi connectivity index (χ3n) is 5.65. The quantitative estimate of drug-likeness (QED) is 0.488. The molecule has 4 aromatic rings. The molecule has 1 saturated heterocycles. The van der Waals surface area contributed by atoms with Crippen molar-refractivity contribution in [2.45, 2.75) is 25.3 Å². The Kier molecular flexibility index (Phi) is 4.96. The van der Waals surface area contributed by atoms with Crippen LogP contribution in [0, 0.1) is 5.82 Å². The van der Waals surface area contributed by atoms with Crippen molar-refractivity contribution in [2.75, 3.05) is 20.2 Å². The Morgan fingerprint density at radius 1 is 1.23 bits per heavy atom. The van der Waals surface area contributed by atoms with Crippen LogP contribution in [0.3, 0.4) is 0 Å². The number of pyridine rings is 1. The topological polar surface area (TPSA) is 55.8 Å². The maximum atomic E-state index is 13.8. The number of nitrogens with zero attached hydrogens (tertiary/aromatic N) is 4. The highest BCUT2D eigenvalue weighted by molar-refractivity contribution is 5.71. The van der Waals surface area contributed by atoms with Crippen molar-refractivity contribution in [3.63, 3.8) is 0 Å². The number of hydrogen-bond acceptors (Lipinski definition) is 5. The number of hydrogen-bond donors (Lipinski definition) is 0. The predicted octanol–water partition coefficient (Wildman–Crippen LogP) is 4.52. The number of methoxy groups -OCH3 is 1. The summed E-state index contributed by atoms with van der Waals surface area (Å²) in [5.74, 6) is 2.43. The minimum absolute atomic E-state index is 0.278. The highest BCUT2D eigenvalue weighted by Gasteiger charge is 2.25. The van der Waals surface area contributed by atoms with Crippen LogP contribution in [0.1, 0.15) is 30.3 Å². The Hall–Kier alpha value is -3.19. The standard InChI is InChI=1S/C23H23FN4O2/c1-29-21-8-7-18(24)12-20(21)16-6-9-22-25-23(26-28(22)14-16)17-4-2-10-27(13-17)15-19-5-3-11-30-19/h3,5-9,11-12,14,17H,2,4,10,13,15H2,1H3/t17-/m0/s1. The van der Waals surface area contributed by atoms with Crippen molar-refractivity contribution >= 4 is 5.65 Å². The molecule has 3 aromatic heterocycles. The molecular weight excluding hydrogens is 383 g/mol. The fourth-order valence-electron chi connectivity index (χ4n) is 4.17. The van der Waals surface area contributed by atoms with Gasteiger partial charge in [0.25, 0.3) is 0 Å². The van der Waals surface area contributed by atoms with Crippen molar-refractivity contribution in [3.05, 3.63) is 72.3 Å². The number of halogens is 1. The Labute approximate surface area is 173 Å². The molecule has 0 radical (unpaired) electrons. The molecule has 0 unspecified atom stereocenters. The second kappa shape index (κ2) is 7.91. The summed E-state index contributed by atoms with van der Waals surface area (Å²) in [6.07, 6.45) is 5.76. The molecule has 0 aliphatic carbocycles. The van der Waals surface area contributed by atoms with Crippen LogP contribution in [0.15, 0.2) is 59.3 Å². The summed E-state index contributed by atoms with van der Waals surface area (Å²) in [6, 6.07) is 12.3. The Morgan fingerprint density at radius 2 is 2.17 bits per heavy atom. The van der Waals surface area contributed by atoms with Gasteiger partial charge in [0.05, 0.1) is 19.9 Å². The first-order chi connectivity index (χ1) is 14.7. The van der Waals surface area contributed by atoms with Crippen LogP contribution in [0.4, 0.5) is 4.39 Å². The minimum atomic E-state index is -0.302. The van der Waals surface area contributed by atoms with Gasteiger partial charge in [-0.3, -0.25) is 4.90 Å². The smallest absolute Gasteiger partial charge is 0.156 e. The molecule has 4 heterocycles. The number of aromatic nitrogens is 3. The number of likely N-dealkylation sites (tertiary alicyclic amines) is 1. The third kappa shape index (κ3) is 3.68. The van der Waals surface area contributed by atoms with E-state index in [1.807, 2.05) is 30.5 Å². The van der Waals surface area contributed by atoms with Crippen LogP contribution in [0.25, 0.3) is 16.8 Å². The van der Waals surface area contributed by atoms with Gasteiger partial charge in [-0.15, -0.1) is 0 Å². The molecule has 0 amide bonds. The average Bonchev–Trinajstić information content (AvgIpc) is 3.43. The lowest BCUT2D eigenvalue weighted by Crippen LogP contribution is -2.34. The molecule has 5 rings (SSSR count). The molecule has 1 aliphatic rings. The summed E-state index contributed by atoms with van der Waals surface area (Å²) in [6.45, 7) is 2.76. The first kappa shape index (κ1) is 18.8. The van der Waals surface area contributed by atoms with Crippen molar-refractivity contribution < 1.29 is 13.5 Å². The van der Waals surface area contributed by atoms with E-state index in [0.29, 0.717) is 11.3 Å². The van der Waals surface area contributed by atoms with Gasteiger partial charge < -0.3 is 9.15 Å². The van der Waals surface area contributed by atoms with E-state index in [4.69, 9.17) is 19.2 Å². The van der Waals surface area contributed by atoms with E-state index in [1.54, 1.807) is 24.0 Å². The first-order valence-corrected chi connectivity index (χ1v) is 10.1. The van der Waals surface area contributed by atoms with Crippen molar-refractivity contribution in [1.29, 1.82) is 0 Å². The van der Waals surface area contributed by atoms with Gasteiger partial charge in [-0.05, 0) is 61.9 Å². The van der Waals surface area contributed by atoms with Crippen molar-refractivity contribution in [2.24, 2.45) is 0 Å². The van der Waals surface area contributed by atoms with E-state index in [2.05, 4.69) is 4.90 Å². The number of ether oxygens (including phenoxy) is 1. The van der Waals surface area contributed by atoms with Crippen molar-refractivity contribution in [3.8, 4) is 16.9 Å². The zero-order valence-electron chi connectivity index (χ0n) is 16.8. The first-order valence-electron chi connectivity index (χ1n) is 10.1. The molecule has 1 aromatic carbocycles. The Bertz CT molecular complexity index is 1160. The van der Waals surface area contributed by atoms with Crippen LogP contribution < -0.4 is 4.74 Å². The summed E-state index contributed by atoms with van der Waals surface area (Å²) >= 11 is 0. The lowest BCUT2D eigenvalue weighted by Gasteiger charge is -2.30. The molecule has 6 nitrogen and oxygen atoms in total. The van der Waals surface area contributed by atoms with Crippen LogP contribution >= 0.6 is 0 Å². The minimum Gasteiger partial charge on any atom is -0.496 e. The summed E-state index contributed by atoms with van der Waals surface area (Å²) < 4.78 is 26.5. The molecule has 7 heteroatoms. The van der Waals surface area contributed by atoms with Gasteiger partial charge in [0, 0.05) is 29.8 Å². The molecule has 0 saturated carbocycles. The van der Waals surface area contributed by atoms with Crippen LogP contribution in [-0.2, 0) is 6.54 Å². The van der Waals surface area contributed by atoms with Crippen LogP contribution in [0.2, 0.25) is 0 Å². The van der Waals surface area contributed by atoms with E-state index in [-0.39, 0.29) is 11.7 Å². The number of furan rings is 1. The van der Waals surface area contributed by atoms with Gasteiger partial charge in [0.15, 0.2) is 11.5 Å². The molecule has 1 atom stereocenters. The maximum absolute atomic E-state index is 13.8. The molecule has 154 valence electrons. The fourth-order valence-corrected chi connectivity index (χ4v) is 4.17. The SMILES string of the molecule is COc1ccc(F)cc1-c1ccc2nc([C@H]3CCCN(Cc4ccco4)C3)nn2c1. The predicted molar refractivity (Wildman–Crippen MR) is 111 cm³/mol. The second-order valence-corrected chi connectivity index (χ2v) is 7.69. The largest absolute Gasteiger partial charge is 0.496 e. The van der Waals surface area contributed by atoms with Crippen LogP contribution in [0.5, 0.6) is 5.75 Å². The molecule has 0 spiro atoms. The Balaban J connectivity index is 1.41. The summed E-state index contributed by atoms with van der Waals surface area (Å²) in [5, 5.41) is 4.75. The molecule has 0 bridgehead atoms. The summed E-state index contributed by atoms with van der Waals surface area (Å²) in [5.41, 5.74) is 2.31. The lowest BCUT2D eigenvalue weighted by atomic mass is 9.97. The fraction of sp³-hybridized carbons (Fsp3) is 0.304. The second-order valence-electron chi connectivity index (χ2n) is 7.69. The van der Waals surface area contributed by atoms with E-state index < -0.39 is 0 Å². The molecule has 1 fully saturated rings. The average molecular weight is 406 g/mol. The van der Waals surface area contributed by atoms with Gasteiger partial charge >= 0.3 is 0 Å². The van der Waals surface area contributed by atoms with E-state index in [1.165, 1.54) is 12.1 Å². The summed E-state index contributed by atoms with van der Waals surface area (Å²) in [7, 11) is 1.58. The lowest BCUT2D eigenvalue weighted by molar-refractivity contribution is 0.183. The highest BCUT2D eigenvalue weighted by Crippen LogP contribution is 2.31. The van der Waals surface area contributed by atoms with Crippen LogP contribution in [-0.4, -0.2) is 39.7 Å². The van der Waals surface area contributed by atoms with Gasteiger partial charge in [0.2, 0.25) is 0 Å². The van der Waals surface area contributed by atoms with Gasteiger partial charge in [-0.1, -0.05) is 0 Å². The summed E-state index contributed by atoms with van der Waals surface area (Å²) in [4.78, 5) is 7.15. The van der Waals surface area contributed by atoms with Gasteiger partial charge in [-0.25, -0.2) is 13.9 Å². The van der Waals surface area contributed by atoms with E-state index in [0.717, 1.165) is 55.3 Å². The number of benzene rings is 1. The van der Waals surface area contributed by atoms with E-state index >= 15 is 0 Å². The van der Waals surface area contributed by atoms with E-state index in [9.17, 15) is 4.39 Å². The number of fused-ring (bicyclic) bond motifs is 1. The number of rotatable bonds is 5. The third-order valence-corrected chi connectivity index (χ3v) is 5.65. The normalized spacial score (nSPS) is 17.5. The van der Waals surface area contributed by atoms with Gasteiger partial charge in [-0.2, -0.15) is 5.10 Å². The molecule has 1 aliphatic heterocycles. The van der Waals surface area contributed by atoms with Crippen molar-refractivity contribution in [1.82, 2.24) is 19.5 Å². The van der Waals surface area contributed by atoms with Gasteiger partial charge in [0.1, 0.15) is 17.3 Å². The maximum Gasteiger partial charge on any atom is 0.156 e. The molecule has 30 heavy (non-hydrogen) atoms. The zero-order chi connectivity index (χ0) is 20.5. The molecular formula is C23H23FN4O2.